The van der Waals surface area contributed by atoms with Crippen molar-refractivity contribution in [3.63, 3.8) is 0 Å². The summed E-state index contributed by atoms with van der Waals surface area (Å²) in [7, 11) is 0. The van der Waals surface area contributed by atoms with Crippen LogP contribution in [0.4, 0.5) is 4.79 Å². The molecule has 0 heterocycles. The second-order valence-corrected chi connectivity index (χ2v) is 14.0. The number of alkyl carbamates (subject to hydrolysis) is 1. The van der Waals surface area contributed by atoms with E-state index >= 15 is 0 Å². The molecule has 270 valence electrons. The van der Waals surface area contributed by atoms with Crippen LogP contribution in [0.5, 0.6) is 0 Å². The summed E-state index contributed by atoms with van der Waals surface area (Å²) in [6.07, 6.45) is -1.77. The minimum Gasteiger partial charge on any atom is -0.480 e. The van der Waals surface area contributed by atoms with Crippen LogP contribution in [-0.2, 0) is 40.0 Å². The number of carbonyl (C=O) groups is 5. The molecule has 0 aliphatic carbocycles. The molecule has 2 rings (SSSR count). The first-order valence-corrected chi connectivity index (χ1v) is 16.7. The Balaban J connectivity index is 2.27. The normalized spacial score (nSPS) is 14.6. The van der Waals surface area contributed by atoms with Crippen LogP contribution in [0.3, 0.4) is 0 Å². The van der Waals surface area contributed by atoms with Gasteiger partial charge in [-0.2, -0.15) is 0 Å². The molecule has 0 saturated heterocycles. The summed E-state index contributed by atoms with van der Waals surface area (Å²) in [5, 5.41) is 18.1. The number of carboxylic acids is 1. The monoisotopic (exact) mass is 683 g/mol. The predicted octanol–water partition coefficient (Wildman–Crippen LogP) is 5.16. The van der Waals surface area contributed by atoms with Gasteiger partial charge >= 0.3 is 18.0 Å². The van der Waals surface area contributed by atoms with Crippen molar-refractivity contribution in [1.82, 2.24) is 16.0 Å². The fourth-order valence-electron chi connectivity index (χ4n) is 4.76. The van der Waals surface area contributed by atoms with Crippen LogP contribution in [0.25, 0.3) is 0 Å². The molecule has 0 aliphatic heterocycles. The van der Waals surface area contributed by atoms with Gasteiger partial charge in [0.1, 0.15) is 18.7 Å². The number of esters is 1. The van der Waals surface area contributed by atoms with Crippen LogP contribution in [0.1, 0.15) is 85.5 Å². The van der Waals surface area contributed by atoms with Gasteiger partial charge in [0.15, 0.2) is 12.1 Å². The predicted molar refractivity (Wildman–Crippen MR) is 184 cm³/mol. The minimum absolute atomic E-state index is 0.00329. The van der Waals surface area contributed by atoms with Crippen LogP contribution in [0.15, 0.2) is 60.7 Å². The molecule has 0 fully saturated rings. The molecule has 12 heteroatoms. The molecular weight excluding hydrogens is 630 g/mol. The molecule has 5 atom stereocenters. The van der Waals surface area contributed by atoms with Crippen molar-refractivity contribution in [2.24, 2.45) is 17.8 Å². The molecule has 0 aliphatic rings. The number of hydrogen-bond donors (Lipinski definition) is 4. The molecule has 0 aromatic heterocycles. The van der Waals surface area contributed by atoms with Gasteiger partial charge in [-0.25, -0.2) is 9.59 Å². The van der Waals surface area contributed by atoms with Gasteiger partial charge in [0.05, 0.1) is 18.1 Å². The molecule has 2 aromatic rings. The first-order valence-electron chi connectivity index (χ1n) is 16.7. The summed E-state index contributed by atoms with van der Waals surface area (Å²) >= 11 is 0. The Labute approximate surface area is 289 Å². The van der Waals surface area contributed by atoms with E-state index in [4.69, 9.17) is 14.2 Å². The molecule has 3 amide bonds. The van der Waals surface area contributed by atoms with Crippen LogP contribution < -0.4 is 16.0 Å². The first-order chi connectivity index (χ1) is 23.0. The van der Waals surface area contributed by atoms with E-state index in [1.165, 1.54) is 0 Å². The van der Waals surface area contributed by atoms with Gasteiger partial charge in [0.2, 0.25) is 11.8 Å². The average molecular weight is 684 g/mol. The highest BCUT2D eigenvalue weighted by atomic mass is 16.6. The maximum absolute atomic E-state index is 13.8. The Kier molecular flexibility index (Phi) is 16.2. The molecule has 2 aromatic carbocycles. The Morgan fingerprint density at radius 3 is 1.76 bits per heavy atom. The van der Waals surface area contributed by atoms with E-state index in [2.05, 4.69) is 16.0 Å². The molecule has 4 N–H and O–H groups in total. The molecule has 0 saturated carbocycles. The van der Waals surface area contributed by atoms with Gasteiger partial charge in [-0.05, 0) is 63.5 Å². The molecule has 12 nitrogen and oxygen atoms in total. The standard InChI is InChI=1S/C37H53N3O9/c1-23(2)19-28(38-32(41)29(20-24(3)4)39-36(46)47-22-26-15-11-9-12-16-26)33(42)40-30(34(43)44)31(27-17-13-10-14-18-27)49-35(45)25(5)21-48-37(6,7)8/h9-18,23-25,28-31H,19-22H2,1-8H3,(H,38,41)(H,39,46)(H,40,42)(H,43,44)/t25?,28-,29+,30-,31+/m0/s1. The number of rotatable bonds is 18. The SMILES string of the molecule is CC(C)C[C@H](NC(=O)[C@@H](CC(C)C)NC(=O)OCc1ccccc1)C(=O)N[C@H](C(=O)O)[C@H](OC(=O)C(C)COC(C)(C)C)c1ccccc1. The highest BCUT2D eigenvalue weighted by Crippen LogP contribution is 2.25. The summed E-state index contributed by atoms with van der Waals surface area (Å²) in [5.41, 5.74) is 0.621. The zero-order chi connectivity index (χ0) is 36.7. The van der Waals surface area contributed by atoms with Crippen molar-refractivity contribution in [3.05, 3.63) is 71.8 Å². The third kappa shape index (κ3) is 15.1. The lowest BCUT2D eigenvalue weighted by molar-refractivity contribution is -0.164. The van der Waals surface area contributed by atoms with E-state index in [0.717, 1.165) is 5.56 Å². The van der Waals surface area contributed by atoms with E-state index in [-0.39, 0.29) is 37.9 Å². The van der Waals surface area contributed by atoms with Gasteiger partial charge in [-0.1, -0.05) is 88.4 Å². The third-order valence-corrected chi connectivity index (χ3v) is 7.28. The summed E-state index contributed by atoms with van der Waals surface area (Å²) in [5.74, 6) is -4.37. The summed E-state index contributed by atoms with van der Waals surface area (Å²) in [4.78, 5) is 65.8. The Hall–Kier alpha value is -4.45. The maximum Gasteiger partial charge on any atom is 0.408 e. The van der Waals surface area contributed by atoms with Gasteiger partial charge in [-0.3, -0.25) is 14.4 Å². The third-order valence-electron chi connectivity index (χ3n) is 7.28. The lowest BCUT2D eigenvalue weighted by atomic mass is 9.98. The van der Waals surface area contributed by atoms with Crippen LogP contribution in [0.2, 0.25) is 0 Å². The molecule has 0 bridgehead atoms. The highest BCUT2D eigenvalue weighted by Gasteiger charge is 2.38. The van der Waals surface area contributed by atoms with E-state index in [9.17, 15) is 29.1 Å². The fraction of sp³-hybridized carbons (Fsp3) is 0.541. The second-order valence-electron chi connectivity index (χ2n) is 14.0. The Morgan fingerprint density at radius 2 is 1.24 bits per heavy atom. The van der Waals surface area contributed by atoms with Crippen molar-refractivity contribution >= 4 is 29.8 Å². The maximum atomic E-state index is 13.8. The smallest absolute Gasteiger partial charge is 0.408 e. The molecule has 0 radical (unpaired) electrons. The Bertz CT molecular complexity index is 1360. The van der Waals surface area contributed by atoms with Crippen molar-refractivity contribution in [3.8, 4) is 0 Å². The van der Waals surface area contributed by atoms with E-state index in [1.54, 1.807) is 49.4 Å². The summed E-state index contributed by atoms with van der Waals surface area (Å²) in [6.45, 7) is 14.7. The summed E-state index contributed by atoms with van der Waals surface area (Å²) < 4.78 is 16.8. The number of carbonyl (C=O) groups excluding carboxylic acids is 4. The van der Waals surface area contributed by atoms with E-state index < -0.39 is 65.6 Å². The molecule has 1 unspecified atom stereocenters. The van der Waals surface area contributed by atoms with Gasteiger partial charge in [0.25, 0.3) is 0 Å². The van der Waals surface area contributed by atoms with Crippen LogP contribution in [0, 0.1) is 17.8 Å². The fourth-order valence-corrected chi connectivity index (χ4v) is 4.76. The van der Waals surface area contributed by atoms with Crippen molar-refractivity contribution in [2.75, 3.05) is 6.61 Å². The zero-order valence-electron chi connectivity index (χ0n) is 29.9. The van der Waals surface area contributed by atoms with Crippen molar-refractivity contribution < 1.29 is 43.3 Å². The summed E-state index contributed by atoms with van der Waals surface area (Å²) in [6, 6.07) is 13.4. The topological polar surface area (TPSA) is 169 Å². The highest BCUT2D eigenvalue weighted by molar-refractivity contribution is 5.93. The minimum atomic E-state index is -1.70. The van der Waals surface area contributed by atoms with Crippen molar-refractivity contribution in [1.29, 1.82) is 0 Å². The number of ether oxygens (including phenoxy) is 3. The number of carboxylic acid groups (broad SMARTS) is 1. The number of amides is 3. The number of benzene rings is 2. The molecule has 49 heavy (non-hydrogen) atoms. The number of nitrogens with one attached hydrogen (secondary N) is 3. The van der Waals surface area contributed by atoms with Crippen LogP contribution >= 0.6 is 0 Å². The average Bonchev–Trinajstić information content (AvgIpc) is 3.03. The second kappa shape index (κ2) is 19.5. The van der Waals surface area contributed by atoms with E-state index in [0.29, 0.717) is 5.56 Å². The number of aliphatic carboxylic acids is 1. The first kappa shape index (κ1) is 40.7. The quantitative estimate of drug-likeness (QED) is 0.155. The van der Waals surface area contributed by atoms with Crippen LogP contribution in [-0.4, -0.2) is 65.3 Å². The van der Waals surface area contributed by atoms with Gasteiger partial charge < -0.3 is 35.3 Å². The Morgan fingerprint density at radius 1 is 0.735 bits per heavy atom. The van der Waals surface area contributed by atoms with Gasteiger partial charge in [0, 0.05) is 0 Å². The molecule has 0 spiro atoms. The van der Waals surface area contributed by atoms with Crippen molar-refractivity contribution in [2.45, 2.75) is 105 Å². The lowest BCUT2D eigenvalue weighted by Gasteiger charge is -2.30. The zero-order valence-corrected chi connectivity index (χ0v) is 29.9. The largest absolute Gasteiger partial charge is 0.480 e. The lowest BCUT2D eigenvalue weighted by Crippen LogP contribution is -2.57. The van der Waals surface area contributed by atoms with E-state index in [1.807, 2.05) is 66.7 Å². The number of hydrogen-bond acceptors (Lipinski definition) is 8. The van der Waals surface area contributed by atoms with Gasteiger partial charge in [-0.15, -0.1) is 0 Å². The molecular formula is C37H53N3O9.